The number of hydrogen-bond donors (Lipinski definition) is 1. The first-order chi connectivity index (χ1) is 15.4. The van der Waals surface area contributed by atoms with E-state index in [1.54, 1.807) is 35.0 Å². The molecule has 0 spiro atoms. The normalized spacial score (nSPS) is 12.8. The van der Waals surface area contributed by atoms with E-state index in [1.807, 2.05) is 12.1 Å². The molecule has 1 amide bonds. The van der Waals surface area contributed by atoms with Crippen LogP contribution in [0.5, 0.6) is 11.5 Å². The average Bonchev–Trinajstić information content (AvgIpc) is 3.38. The van der Waals surface area contributed by atoms with Crippen LogP contribution in [0.1, 0.15) is 21.6 Å². The van der Waals surface area contributed by atoms with Crippen LogP contribution >= 0.6 is 0 Å². The quantitative estimate of drug-likeness (QED) is 0.482. The molecule has 2 heterocycles. The highest BCUT2D eigenvalue weighted by Gasteiger charge is 2.30. The summed E-state index contributed by atoms with van der Waals surface area (Å²) in [7, 11) is 0. The van der Waals surface area contributed by atoms with Crippen LogP contribution in [0.25, 0.3) is 10.9 Å². The number of carbonyl (C=O) groups excluding carboxylic acids is 1. The molecule has 6 nitrogen and oxygen atoms in total. The minimum Gasteiger partial charge on any atom is -0.454 e. The van der Waals surface area contributed by atoms with E-state index in [2.05, 4.69) is 10.4 Å². The Morgan fingerprint density at radius 3 is 2.53 bits per heavy atom. The Labute approximate surface area is 180 Å². The SMILES string of the molecule is O=C(Nc1ccc2c(c1)OCO2)c1nn(Cc2ccc(C(F)(F)F)cc2)c2ccccc12. The minimum atomic E-state index is -4.39. The van der Waals surface area contributed by atoms with E-state index < -0.39 is 17.6 Å². The molecule has 1 aromatic heterocycles. The van der Waals surface area contributed by atoms with Crippen molar-refractivity contribution in [2.24, 2.45) is 0 Å². The third kappa shape index (κ3) is 3.73. The number of ether oxygens (including phenoxy) is 2. The maximum absolute atomic E-state index is 13.0. The zero-order valence-electron chi connectivity index (χ0n) is 16.5. The van der Waals surface area contributed by atoms with Crippen molar-refractivity contribution in [2.45, 2.75) is 12.7 Å². The van der Waals surface area contributed by atoms with E-state index >= 15 is 0 Å². The molecule has 3 aromatic carbocycles. The number of para-hydroxylation sites is 1. The van der Waals surface area contributed by atoms with Crippen LogP contribution in [0.15, 0.2) is 66.7 Å². The van der Waals surface area contributed by atoms with E-state index in [4.69, 9.17) is 9.47 Å². The van der Waals surface area contributed by atoms with E-state index in [0.717, 1.165) is 12.1 Å². The zero-order chi connectivity index (χ0) is 22.3. The number of anilines is 1. The lowest BCUT2D eigenvalue weighted by Gasteiger charge is -2.08. The highest BCUT2D eigenvalue weighted by molar-refractivity contribution is 6.11. The lowest BCUT2D eigenvalue weighted by molar-refractivity contribution is -0.137. The number of amides is 1. The molecule has 1 N–H and O–H groups in total. The van der Waals surface area contributed by atoms with Crippen LogP contribution in [0, 0.1) is 0 Å². The molecular formula is C23H16F3N3O3. The predicted octanol–water partition coefficient (Wildman–Crippen LogP) is 5.08. The highest BCUT2D eigenvalue weighted by Crippen LogP contribution is 2.34. The number of aromatic nitrogens is 2. The largest absolute Gasteiger partial charge is 0.454 e. The highest BCUT2D eigenvalue weighted by atomic mass is 19.4. The van der Waals surface area contributed by atoms with Crippen molar-refractivity contribution in [3.63, 3.8) is 0 Å². The summed E-state index contributed by atoms with van der Waals surface area (Å²) in [6, 6.07) is 17.2. The number of fused-ring (bicyclic) bond motifs is 2. The summed E-state index contributed by atoms with van der Waals surface area (Å²) >= 11 is 0. The van der Waals surface area contributed by atoms with Gasteiger partial charge in [-0.3, -0.25) is 9.48 Å². The van der Waals surface area contributed by atoms with Gasteiger partial charge in [-0.2, -0.15) is 18.3 Å². The van der Waals surface area contributed by atoms with Crippen LogP contribution in [-0.2, 0) is 12.7 Å². The van der Waals surface area contributed by atoms with Crippen LogP contribution < -0.4 is 14.8 Å². The molecule has 0 saturated heterocycles. The number of hydrogen-bond acceptors (Lipinski definition) is 4. The molecule has 0 aliphatic carbocycles. The number of benzene rings is 3. The summed E-state index contributed by atoms with van der Waals surface area (Å²) in [6.45, 7) is 0.349. The van der Waals surface area contributed by atoms with Crippen molar-refractivity contribution in [3.05, 3.63) is 83.6 Å². The summed E-state index contributed by atoms with van der Waals surface area (Å²) in [5.74, 6) is 0.737. The molecule has 0 unspecified atom stereocenters. The summed E-state index contributed by atoms with van der Waals surface area (Å²) in [6.07, 6.45) is -4.39. The van der Waals surface area contributed by atoms with Gasteiger partial charge in [0.1, 0.15) is 0 Å². The second-order valence-corrected chi connectivity index (χ2v) is 7.24. The van der Waals surface area contributed by atoms with Gasteiger partial charge < -0.3 is 14.8 Å². The van der Waals surface area contributed by atoms with Gasteiger partial charge in [0.15, 0.2) is 17.2 Å². The molecule has 0 fully saturated rings. The molecule has 4 aromatic rings. The molecule has 9 heteroatoms. The molecular weight excluding hydrogens is 423 g/mol. The second-order valence-electron chi connectivity index (χ2n) is 7.24. The number of alkyl halides is 3. The third-order valence-electron chi connectivity index (χ3n) is 5.12. The van der Waals surface area contributed by atoms with Crippen molar-refractivity contribution in [1.29, 1.82) is 0 Å². The van der Waals surface area contributed by atoms with Crippen molar-refractivity contribution < 1.29 is 27.4 Å². The zero-order valence-corrected chi connectivity index (χ0v) is 16.5. The van der Waals surface area contributed by atoms with Crippen molar-refractivity contribution in [2.75, 3.05) is 12.1 Å². The van der Waals surface area contributed by atoms with Gasteiger partial charge in [-0.25, -0.2) is 0 Å². The van der Waals surface area contributed by atoms with Gasteiger partial charge in [0, 0.05) is 17.1 Å². The maximum Gasteiger partial charge on any atom is 0.416 e. The fourth-order valence-corrected chi connectivity index (χ4v) is 3.55. The maximum atomic E-state index is 13.0. The summed E-state index contributed by atoms with van der Waals surface area (Å²) in [4.78, 5) is 13.0. The first kappa shape index (κ1) is 19.9. The van der Waals surface area contributed by atoms with Crippen molar-refractivity contribution >= 4 is 22.5 Å². The fourth-order valence-electron chi connectivity index (χ4n) is 3.55. The Kier molecular flexibility index (Phi) is 4.73. The molecule has 0 radical (unpaired) electrons. The van der Waals surface area contributed by atoms with E-state index in [1.165, 1.54) is 12.1 Å². The molecule has 1 aliphatic rings. The summed E-state index contributed by atoms with van der Waals surface area (Å²) in [5.41, 5.74) is 1.36. The molecule has 5 rings (SSSR count). The van der Waals surface area contributed by atoms with E-state index in [-0.39, 0.29) is 19.0 Å². The second kappa shape index (κ2) is 7.60. The first-order valence-electron chi connectivity index (χ1n) is 9.71. The molecule has 1 aliphatic heterocycles. The molecule has 162 valence electrons. The Morgan fingerprint density at radius 2 is 1.75 bits per heavy atom. The summed E-state index contributed by atoms with van der Waals surface area (Å²) in [5, 5.41) is 7.89. The third-order valence-corrected chi connectivity index (χ3v) is 5.12. The monoisotopic (exact) mass is 439 g/mol. The number of rotatable bonds is 4. The number of nitrogens with zero attached hydrogens (tertiary/aromatic N) is 2. The van der Waals surface area contributed by atoms with E-state index in [0.29, 0.717) is 33.7 Å². The Balaban J connectivity index is 1.43. The van der Waals surface area contributed by atoms with Crippen LogP contribution in [0.2, 0.25) is 0 Å². The van der Waals surface area contributed by atoms with Gasteiger partial charge in [0.25, 0.3) is 5.91 Å². The Morgan fingerprint density at radius 1 is 1.00 bits per heavy atom. The van der Waals surface area contributed by atoms with Crippen molar-refractivity contribution in [3.8, 4) is 11.5 Å². The van der Waals surface area contributed by atoms with Crippen molar-refractivity contribution in [1.82, 2.24) is 9.78 Å². The Hall–Kier alpha value is -4.01. The molecule has 0 atom stereocenters. The van der Waals surface area contributed by atoms with Gasteiger partial charge >= 0.3 is 6.18 Å². The standard InChI is InChI=1S/C23H16F3N3O3/c24-23(25,26)15-7-5-14(6-8-15)12-29-18-4-2-1-3-17(18)21(28-29)22(30)27-16-9-10-19-20(11-16)32-13-31-19/h1-11H,12-13H2,(H,27,30). The van der Waals surface area contributed by atoms with Gasteiger partial charge in [-0.15, -0.1) is 0 Å². The van der Waals surface area contributed by atoms with Crippen LogP contribution in [-0.4, -0.2) is 22.5 Å². The fraction of sp³-hybridized carbons (Fsp3) is 0.130. The van der Waals surface area contributed by atoms with Gasteiger partial charge in [0.2, 0.25) is 6.79 Å². The minimum absolute atomic E-state index is 0.131. The lowest BCUT2D eigenvalue weighted by atomic mass is 10.1. The topological polar surface area (TPSA) is 65.4 Å². The number of carbonyl (C=O) groups is 1. The summed E-state index contributed by atoms with van der Waals surface area (Å²) < 4.78 is 50.7. The predicted molar refractivity (Wildman–Crippen MR) is 111 cm³/mol. The van der Waals surface area contributed by atoms with Crippen LogP contribution in [0.4, 0.5) is 18.9 Å². The smallest absolute Gasteiger partial charge is 0.416 e. The molecule has 0 saturated carbocycles. The van der Waals surface area contributed by atoms with Crippen LogP contribution in [0.3, 0.4) is 0 Å². The van der Waals surface area contributed by atoms with Gasteiger partial charge in [0.05, 0.1) is 17.6 Å². The molecule has 32 heavy (non-hydrogen) atoms. The number of nitrogens with one attached hydrogen (secondary N) is 1. The number of halogens is 3. The van der Waals surface area contributed by atoms with Gasteiger partial charge in [-0.1, -0.05) is 30.3 Å². The van der Waals surface area contributed by atoms with E-state index in [9.17, 15) is 18.0 Å². The molecule has 0 bridgehead atoms. The lowest BCUT2D eigenvalue weighted by Crippen LogP contribution is -2.14. The average molecular weight is 439 g/mol. The van der Waals surface area contributed by atoms with Gasteiger partial charge in [-0.05, 0) is 35.9 Å². The Bertz CT molecular complexity index is 1310. The first-order valence-corrected chi connectivity index (χ1v) is 9.71.